The third-order valence-electron chi connectivity index (χ3n) is 7.09. The van der Waals surface area contributed by atoms with Crippen molar-refractivity contribution >= 4 is 11.5 Å². The highest BCUT2D eigenvalue weighted by molar-refractivity contribution is 5.97. The Bertz CT molecular complexity index is 984. The van der Waals surface area contributed by atoms with E-state index < -0.39 is 0 Å². The first kappa shape index (κ1) is 20.1. The summed E-state index contributed by atoms with van der Waals surface area (Å²) in [5.74, 6) is 1.02. The lowest BCUT2D eigenvalue weighted by molar-refractivity contribution is 0.0979. The minimum Gasteiger partial charge on any atom is -0.371 e. The molecule has 0 N–H and O–H groups in total. The molecule has 2 aliphatic heterocycles. The Morgan fingerprint density at radius 1 is 0.839 bits per heavy atom. The SMILES string of the molecule is CCCCC(=O)c1cc2c3c(c1)C(c1ccccc1)CCN3CCC2c1ccccc1. The lowest BCUT2D eigenvalue weighted by Crippen LogP contribution is -2.37. The maximum Gasteiger partial charge on any atom is 0.162 e. The first-order valence-electron chi connectivity index (χ1n) is 11.8. The summed E-state index contributed by atoms with van der Waals surface area (Å²) in [5, 5.41) is 0. The molecule has 2 aliphatic rings. The second kappa shape index (κ2) is 8.70. The van der Waals surface area contributed by atoms with Crippen LogP contribution in [0.4, 0.5) is 5.69 Å². The molecule has 0 bridgehead atoms. The largest absolute Gasteiger partial charge is 0.371 e. The number of ketones is 1. The van der Waals surface area contributed by atoms with Gasteiger partial charge in [-0.05, 0) is 53.6 Å². The number of hydrogen-bond donors (Lipinski definition) is 0. The predicted molar refractivity (Wildman–Crippen MR) is 128 cm³/mol. The van der Waals surface area contributed by atoms with Gasteiger partial charge >= 0.3 is 0 Å². The quantitative estimate of drug-likeness (QED) is 0.411. The molecule has 158 valence electrons. The van der Waals surface area contributed by atoms with Crippen molar-refractivity contribution in [2.24, 2.45) is 0 Å². The van der Waals surface area contributed by atoms with Gasteiger partial charge in [0.05, 0.1) is 0 Å². The minimum absolute atomic E-state index is 0.294. The van der Waals surface area contributed by atoms with Crippen LogP contribution in [0.5, 0.6) is 0 Å². The molecule has 0 radical (unpaired) electrons. The smallest absolute Gasteiger partial charge is 0.162 e. The van der Waals surface area contributed by atoms with E-state index in [1.807, 2.05) is 0 Å². The van der Waals surface area contributed by atoms with Crippen molar-refractivity contribution in [2.45, 2.75) is 50.9 Å². The number of hydrogen-bond acceptors (Lipinski definition) is 2. The van der Waals surface area contributed by atoms with Crippen LogP contribution in [0.1, 0.15) is 83.5 Å². The number of Topliss-reactive ketones (excluding diaryl/α,β-unsaturated/α-hetero) is 1. The molecule has 0 saturated heterocycles. The van der Waals surface area contributed by atoms with Crippen molar-refractivity contribution in [2.75, 3.05) is 18.0 Å². The second-order valence-electron chi connectivity index (χ2n) is 9.02. The molecule has 2 unspecified atom stereocenters. The molecule has 0 spiro atoms. The molecule has 3 aromatic rings. The van der Waals surface area contributed by atoms with Crippen LogP contribution in [-0.2, 0) is 0 Å². The van der Waals surface area contributed by atoms with Crippen LogP contribution < -0.4 is 4.90 Å². The molecule has 2 heteroatoms. The molecule has 0 aromatic heterocycles. The van der Waals surface area contributed by atoms with Crippen LogP contribution in [0.15, 0.2) is 72.8 Å². The van der Waals surface area contributed by atoms with Crippen molar-refractivity contribution in [3.8, 4) is 0 Å². The number of rotatable bonds is 6. The predicted octanol–water partition coefficient (Wildman–Crippen LogP) is 6.94. The van der Waals surface area contributed by atoms with E-state index in [1.54, 1.807) is 0 Å². The standard InChI is InChI=1S/C29H31NO/c1-2-3-14-28(31)23-19-26-24(21-10-6-4-7-11-21)15-17-30-18-16-25(27(20-23)29(26)30)22-12-8-5-9-13-22/h4-13,19-20,24-25H,2-3,14-18H2,1H3. The van der Waals surface area contributed by atoms with Crippen LogP contribution in [0.25, 0.3) is 0 Å². The number of carbonyl (C=O) groups excluding carboxylic acids is 1. The lowest BCUT2D eigenvalue weighted by Gasteiger charge is -2.43. The first-order chi connectivity index (χ1) is 15.3. The van der Waals surface area contributed by atoms with Crippen LogP contribution >= 0.6 is 0 Å². The van der Waals surface area contributed by atoms with Crippen molar-refractivity contribution in [1.82, 2.24) is 0 Å². The molecule has 31 heavy (non-hydrogen) atoms. The summed E-state index contributed by atoms with van der Waals surface area (Å²) in [6.07, 6.45) is 4.88. The number of carbonyl (C=O) groups is 1. The third-order valence-corrected chi connectivity index (χ3v) is 7.09. The van der Waals surface area contributed by atoms with Crippen molar-refractivity contribution in [3.05, 3.63) is 101 Å². The highest BCUT2D eigenvalue weighted by Gasteiger charge is 2.35. The zero-order valence-electron chi connectivity index (χ0n) is 18.4. The molecule has 2 nitrogen and oxygen atoms in total. The van der Waals surface area contributed by atoms with E-state index in [2.05, 4.69) is 84.6 Å². The summed E-state index contributed by atoms with van der Waals surface area (Å²) in [5.41, 5.74) is 7.75. The van der Waals surface area contributed by atoms with Gasteiger partial charge in [-0.1, -0.05) is 74.0 Å². The molecule has 2 atom stereocenters. The number of unbranched alkanes of at least 4 members (excludes halogenated alkanes) is 1. The summed E-state index contributed by atoms with van der Waals surface area (Å²) < 4.78 is 0. The molecule has 0 saturated carbocycles. The fourth-order valence-corrected chi connectivity index (χ4v) is 5.50. The molecule has 0 aliphatic carbocycles. The second-order valence-corrected chi connectivity index (χ2v) is 9.02. The van der Waals surface area contributed by atoms with Crippen LogP contribution in [0, 0.1) is 0 Å². The van der Waals surface area contributed by atoms with Gasteiger partial charge in [0.15, 0.2) is 5.78 Å². The molecule has 2 heterocycles. The Kier molecular flexibility index (Phi) is 5.63. The van der Waals surface area contributed by atoms with Crippen LogP contribution in [0.2, 0.25) is 0 Å². The number of benzene rings is 3. The van der Waals surface area contributed by atoms with E-state index in [0.29, 0.717) is 24.0 Å². The summed E-state index contributed by atoms with van der Waals surface area (Å²) in [4.78, 5) is 15.7. The van der Waals surface area contributed by atoms with E-state index >= 15 is 0 Å². The van der Waals surface area contributed by atoms with E-state index in [0.717, 1.165) is 44.3 Å². The van der Waals surface area contributed by atoms with Gasteiger partial charge in [0, 0.05) is 42.6 Å². The third kappa shape index (κ3) is 3.80. The maximum atomic E-state index is 13.1. The van der Waals surface area contributed by atoms with Crippen molar-refractivity contribution in [1.29, 1.82) is 0 Å². The monoisotopic (exact) mass is 409 g/mol. The van der Waals surface area contributed by atoms with Gasteiger partial charge in [0.1, 0.15) is 0 Å². The first-order valence-corrected chi connectivity index (χ1v) is 11.8. The number of anilines is 1. The Balaban J connectivity index is 1.67. The van der Waals surface area contributed by atoms with Gasteiger partial charge in [0.25, 0.3) is 0 Å². The Labute approximate surface area is 185 Å². The molecular formula is C29H31NO. The van der Waals surface area contributed by atoms with Crippen LogP contribution in [-0.4, -0.2) is 18.9 Å². The van der Waals surface area contributed by atoms with E-state index in [4.69, 9.17) is 0 Å². The van der Waals surface area contributed by atoms with Gasteiger partial charge in [-0.15, -0.1) is 0 Å². The summed E-state index contributed by atoms with van der Waals surface area (Å²) >= 11 is 0. The van der Waals surface area contributed by atoms with E-state index in [9.17, 15) is 4.79 Å². The Morgan fingerprint density at radius 2 is 1.35 bits per heavy atom. The normalized spacial score (nSPS) is 19.7. The van der Waals surface area contributed by atoms with E-state index in [1.165, 1.54) is 27.9 Å². The van der Waals surface area contributed by atoms with Gasteiger partial charge in [-0.2, -0.15) is 0 Å². The minimum atomic E-state index is 0.294. The molecule has 0 fully saturated rings. The summed E-state index contributed by atoms with van der Waals surface area (Å²) in [6.45, 7) is 4.33. The van der Waals surface area contributed by atoms with Gasteiger partial charge < -0.3 is 4.90 Å². The molecule has 5 rings (SSSR count). The maximum absolute atomic E-state index is 13.1. The summed E-state index contributed by atoms with van der Waals surface area (Å²) in [6, 6.07) is 26.2. The molecule has 3 aromatic carbocycles. The van der Waals surface area contributed by atoms with Gasteiger partial charge in [-0.3, -0.25) is 4.79 Å². The highest BCUT2D eigenvalue weighted by atomic mass is 16.1. The number of nitrogens with zero attached hydrogens (tertiary/aromatic N) is 1. The molecular weight excluding hydrogens is 378 g/mol. The zero-order chi connectivity index (χ0) is 21.2. The fourth-order valence-electron chi connectivity index (χ4n) is 5.50. The van der Waals surface area contributed by atoms with Gasteiger partial charge in [0.2, 0.25) is 0 Å². The van der Waals surface area contributed by atoms with Gasteiger partial charge in [-0.25, -0.2) is 0 Å². The Hall–Kier alpha value is -2.87. The fraction of sp³-hybridized carbons (Fsp3) is 0.345. The lowest BCUT2D eigenvalue weighted by atomic mass is 9.75. The van der Waals surface area contributed by atoms with Crippen molar-refractivity contribution in [3.63, 3.8) is 0 Å². The average molecular weight is 410 g/mol. The summed E-state index contributed by atoms with van der Waals surface area (Å²) in [7, 11) is 0. The van der Waals surface area contributed by atoms with Crippen molar-refractivity contribution < 1.29 is 4.79 Å². The zero-order valence-corrected chi connectivity index (χ0v) is 18.4. The Morgan fingerprint density at radius 3 is 1.84 bits per heavy atom. The average Bonchev–Trinajstić information content (AvgIpc) is 2.84. The highest BCUT2D eigenvalue weighted by Crippen LogP contribution is 2.48. The molecule has 0 amide bonds. The van der Waals surface area contributed by atoms with Crippen LogP contribution in [0.3, 0.4) is 0 Å². The topological polar surface area (TPSA) is 20.3 Å². The van der Waals surface area contributed by atoms with E-state index in [-0.39, 0.29) is 0 Å².